The molecule has 0 aliphatic carbocycles. The topological polar surface area (TPSA) is 130 Å². The van der Waals surface area contributed by atoms with E-state index in [-0.39, 0.29) is 12.5 Å². The standard InChI is InChI=1S/C21H34N2O6/c1-2-3-4-5-11-23(13-18(26)20(28)19(27)15-25)12-10-22-21(29)17-8-6-16(14-24)7-9-17/h6-9,14,18-20,25-28H,2-5,10-13,15H2,1H3,(H,22,29)/t18-,19+,20+/m0/s1. The molecule has 0 fully saturated rings. The summed E-state index contributed by atoms with van der Waals surface area (Å²) in [6.45, 7) is 3.09. The molecule has 1 rings (SSSR count). The number of aliphatic hydroxyl groups is 4. The molecule has 0 unspecified atom stereocenters. The Morgan fingerprint density at radius 2 is 1.76 bits per heavy atom. The molecule has 0 bridgehead atoms. The van der Waals surface area contributed by atoms with Gasteiger partial charge in [0, 0.05) is 30.8 Å². The van der Waals surface area contributed by atoms with Crippen molar-refractivity contribution < 1.29 is 30.0 Å². The molecule has 29 heavy (non-hydrogen) atoms. The average molecular weight is 411 g/mol. The fourth-order valence-corrected chi connectivity index (χ4v) is 2.94. The van der Waals surface area contributed by atoms with E-state index in [4.69, 9.17) is 5.11 Å². The van der Waals surface area contributed by atoms with Crippen LogP contribution in [0.5, 0.6) is 0 Å². The summed E-state index contributed by atoms with van der Waals surface area (Å²) in [6.07, 6.45) is 0.824. The molecule has 0 radical (unpaired) electrons. The largest absolute Gasteiger partial charge is 0.394 e. The summed E-state index contributed by atoms with van der Waals surface area (Å²) >= 11 is 0. The van der Waals surface area contributed by atoms with Gasteiger partial charge in [-0.15, -0.1) is 0 Å². The van der Waals surface area contributed by atoms with Crippen molar-refractivity contribution >= 4 is 12.2 Å². The summed E-state index contributed by atoms with van der Waals surface area (Å²) in [5, 5.41) is 41.3. The van der Waals surface area contributed by atoms with Gasteiger partial charge in [-0.2, -0.15) is 0 Å². The molecule has 164 valence electrons. The van der Waals surface area contributed by atoms with Crippen LogP contribution in [-0.4, -0.2) is 88.6 Å². The second kappa shape index (κ2) is 14.2. The van der Waals surface area contributed by atoms with Crippen LogP contribution < -0.4 is 5.32 Å². The molecule has 8 heteroatoms. The Bertz CT molecular complexity index is 595. The monoisotopic (exact) mass is 410 g/mol. The van der Waals surface area contributed by atoms with Gasteiger partial charge in [-0.25, -0.2) is 0 Å². The van der Waals surface area contributed by atoms with Gasteiger partial charge < -0.3 is 25.7 Å². The minimum Gasteiger partial charge on any atom is -0.394 e. The molecule has 1 aromatic rings. The highest BCUT2D eigenvalue weighted by atomic mass is 16.4. The number of amides is 1. The molecule has 0 aliphatic rings. The molecule has 1 aromatic carbocycles. The first kappa shape index (κ1) is 25.2. The molecule has 0 spiro atoms. The van der Waals surface area contributed by atoms with Crippen molar-refractivity contribution in [3.8, 4) is 0 Å². The Labute approximate surface area is 172 Å². The third kappa shape index (κ3) is 9.47. The molecule has 1 amide bonds. The summed E-state index contributed by atoms with van der Waals surface area (Å²) in [5.74, 6) is -0.260. The number of rotatable bonds is 15. The van der Waals surface area contributed by atoms with Crippen molar-refractivity contribution in [3.05, 3.63) is 35.4 Å². The molecule has 0 heterocycles. The third-order valence-electron chi connectivity index (χ3n) is 4.77. The van der Waals surface area contributed by atoms with E-state index in [2.05, 4.69) is 12.2 Å². The summed E-state index contributed by atoms with van der Waals surface area (Å²) in [4.78, 5) is 24.8. The van der Waals surface area contributed by atoms with Crippen molar-refractivity contribution in [3.63, 3.8) is 0 Å². The van der Waals surface area contributed by atoms with Crippen molar-refractivity contribution in [2.75, 3.05) is 32.8 Å². The summed E-state index contributed by atoms with van der Waals surface area (Å²) < 4.78 is 0. The molecule has 5 N–H and O–H groups in total. The van der Waals surface area contributed by atoms with E-state index in [1.54, 1.807) is 24.3 Å². The van der Waals surface area contributed by atoms with Crippen LogP contribution in [0.4, 0.5) is 0 Å². The zero-order valence-electron chi connectivity index (χ0n) is 17.0. The summed E-state index contributed by atoms with van der Waals surface area (Å²) in [6, 6.07) is 6.31. The van der Waals surface area contributed by atoms with Crippen molar-refractivity contribution in [2.24, 2.45) is 0 Å². The number of unbranched alkanes of at least 4 members (excludes halogenated alkanes) is 3. The predicted octanol–water partition coefficient (Wildman–Crippen LogP) is 0.186. The fourth-order valence-electron chi connectivity index (χ4n) is 2.94. The van der Waals surface area contributed by atoms with Crippen LogP contribution in [0.15, 0.2) is 24.3 Å². The van der Waals surface area contributed by atoms with E-state index in [0.717, 1.165) is 25.7 Å². The van der Waals surface area contributed by atoms with Crippen LogP contribution in [0.2, 0.25) is 0 Å². The van der Waals surface area contributed by atoms with Crippen LogP contribution in [0, 0.1) is 0 Å². The lowest BCUT2D eigenvalue weighted by atomic mass is 10.1. The van der Waals surface area contributed by atoms with Crippen molar-refractivity contribution in [2.45, 2.75) is 50.9 Å². The van der Waals surface area contributed by atoms with Gasteiger partial charge >= 0.3 is 0 Å². The van der Waals surface area contributed by atoms with Gasteiger partial charge in [-0.3, -0.25) is 14.5 Å². The quantitative estimate of drug-likeness (QED) is 0.206. The highest BCUT2D eigenvalue weighted by Crippen LogP contribution is 2.07. The highest BCUT2D eigenvalue weighted by Gasteiger charge is 2.25. The minimum atomic E-state index is -1.44. The maximum absolute atomic E-state index is 12.2. The molecule has 8 nitrogen and oxygen atoms in total. The van der Waals surface area contributed by atoms with E-state index >= 15 is 0 Å². The van der Waals surface area contributed by atoms with E-state index in [9.17, 15) is 24.9 Å². The molecular weight excluding hydrogens is 376 g/mol. The Morgan fingerprint density at radius 1 is 1.07 bits per heavy atom. The maximum atomic E-state index is 12.2. The van der Waals surface area contributed by atoms with Gasteiger partial charge in [0.25, 0.3) is 5.91 Å². The van der Waals surface area contributed by atoms with E-state index in [0.29, 0.717) is 37.0 Å². The maximum Gasteiger partial charge on any atom is 0.251 e. The number of carbonyl (C=O) groups excluding carboxylic acids is 2. The van der Waals surface area contributed by atoms with Gasteiger partial charge in [-0.05, 0) is 25.1 Å². The second-order valence-corrected chi connectivity index (χ2v) is 7.16. The fraction of sp³-hybridized carbons (Fsp3) is 0.619. The molecule has 0 saturated carbocycles. The summed E-state index contributed by atoms with van der Waals surface area (Å²) in [7, 11) is 0. The SMILES string of the molecule is CCCCCCN(CCNC(=O)c1ccc(C=O)cc1)C[C@H](O)[C@@H](O)[C@H](O)CO. The van der Waals surface area contributed by atoms with Gasteiger partial charge in [0.1, 0.15) is 18.5 Å². The lowest BCUT2D eigenvalue weighted by Crippen LogP contribution is -2.47. The Hall–Kier alpha value is -1.84. The second-order valence-electron chi connectivity index (χ2n) is 7.16. The smallest absolute Gasteiger partial charge is 0.251 e. The third-order valence-corrected chi connectivity index (χ3v) is 4.77. The molecule has 0 saturated heterocycles. The lowest BCUT2D eigenvalue weighted by molar-refractivity contribution is -0.0840. The first-order valence-corrected chi connectivity index (χ1v) is 10.1. The number of hydrogen-bond acceptors (Lipinski definition) is 7. The Balaban J connectivity index is 2.55. The van der Waals surface area contributed by atoms with Crippen LogP contribution >= 0.6 is 0 Å². The zero-order valence-corrected chi connectivity index (χ0v) is 17.0. The zero-order chi connectivity index (χ0) is 21.6. The van der Waals surface area contributed by atoms with Crippen molar-refractivity contribution in [1.29, 1.82) is 0 Å². The first-order chi connectivity index (χ1) is 13.9. The number of aldehydes is 1. The lowest BCUT2D eigenvalue weighted by Gasteiger charge is -2.29. The van der Waals surface area contributed by atoms with Gasteiger partial charge in [0.15, 0.2) is 0 Å². The average Bonchev–Trinajstić information content (AvgIpc) is 2.75. The van der Waals surface area contributed by atoms with Crippen molar-refractivity contribution in [1.82, 2.24) is 10.2 Å². The summed E-state index contributed by atoms with van der Waals surface area (Å²) in [5.41, 5.74) is 0.948. The normalized spacial score (nSPS) is 14.4. The number of aliphatic hydroxyl groups excluding tert-OH is 4. The van der Waals surface area contributed by atoms with E-state index in [1.165, 1.54) is 0 Å². The Morgan fingerprint density at radius 3 is 2.34 bits per heavy atom. The minimum absolute atomic E-state index is 0.119. The van der Waals surface area contributed by atoms with E-state index in [1.807, 2.05) is 4.90 Å². The Kier molecular flexibility index (Phi) is 12.3. The predicted molar refractivity (Wildman–Crippen MR) is 110 cm³/mol. The molecule has 0 aliphatic heterocycles. The van der Waals surface area contributed by atoms with Crippen LogP contribution in [0.3, 0.4) is 0 Å². The molecule has 3 atom stereocenters. The number of nitrogens with one attached hydrogen (secondary N) is 1. The number of hydrogen-bond donors (Lipinski definition) is 5. The number of nitrogens with zero attached hydrogens (tertiary/aromatic N) is 1. The number of carbonyl (C=O) groups is 2. The van der Waals surface area contributed by atoms with Gasteiger partial charge in [0.05, 0.1) is 12.7 Å². The van der Waals surface area contributed by atoms with Crippen LogP contribution in [0.25, 0.3) is 0 Å². The van der Waals surface area contributed by atoms with Crippen LogP contribution in [-0.2, 0) is 0 Å². The highest BCUT2D eigenvalue weighted by molar-refractivity contribution is 5.94. The van der Waals surface area contributed by atoms with Crippen LogP contribution in [0.1, 0.15) is 53.3 Å². The first-order valence-electron chi connectivity index (χ1n) is 10.1. The van der Waals surface area contributed by atoms with E-state index < -0.39 is 24.9 Å². The van der Waals surface area contributed by atoms with Gasteiger partial charge in [-0.1, -0.05) is 38.3 Å². The number of benzene rings is 1. The molecular formula is C21H34N2O6. The van der Waals surface area contributed by atoms with Gasteiger partial charge in [0.2, 0.25) is 0 Å². The molecule has 0 aromatic heterocycles.